The van der Waals surface area contributed by atoms with E-state index in [9.17, 15) is 0 Å². The summed E-state index contributed by atoms with van der Waals surface area (Å²) in [6, 6.07) is 4.26. The molecule has 1 N–H and O–H groups in total. The van der Waals surface area contributed by atoms with Crippen LogP contribution in [0.4, 0.5) is 0 Å². The fourth-order valence-electron chi connectivity index (χ4n) is 3.22. The highest BCUT2D eigenvalue weighted by Crippen LogP contribution is 2.33. The van der Waals surface area contributed by atoms with E-state index < -0.39 is 0 Å². The Kier molecular flexibility index (Phi) is 5.61. The summed E-state index contributed by atoms with van der Waals surface area (Å²) in [5.41, 5.74) is 2.49. The van der Waals surface area contributed by atoms with Gasteiger partial charge in [0, 0.05) is 32.7 Å². The first-order valence-corrected chi connectivity index (χ1v) is 8.95. The first kappa shape index (κ1) is 16.1. The number of hydrogen-bond acceptors (Lipinski definition) is 3. The number of nitrogens with one attached hydrogen (secondary N) is 1. The molecule has 1 heterocycles. The van der Waals surface area contributed by atoms with Gasteiger partial charge in [0.05, 0.1) is 11.6 Å². The summed E-state index contributed by atoms with van der Waals surface area (Å²) in [5.74, 6) is 1.66. The summed E-state index contributed by atoms with van der Waals surface area (Å²) in [6.07, 6.45) is 4.98. The SMILES string of the molecule is Cc1cc(Cl)c(OCC2CCC2)c(CCN2CCNCC2)c1. The van der Waals surface area contributed by atoms with E-state index in [1.54, 1.807) is 0 Å². The van der Waals surface area contributed by atoms with Gasteiger partial charge in [0.25, 0.3) is 0 Å². The molecule has 22 heavy (non-hydrogen) atoms. The van der Waals surface area contributed by atoms with Gasteiger partial charge in [-0.25, -0.2) is 0 Å². The average Bonchev–Trinajstić information content (AvgIpc) is 2.46. The third-order valence-corrected chi connectivity index (χ3v) is 5.14. The Hall–Kier alpha value is -0.770. The van der Waals surface area contributed by atoms with Crippen LogP contribution in [-0.4, -0.2) is 44.2 Å². The molecule has 0 unspecified atom stereocenters. The van der Waals surface area contributed by atoms with Gasteiger partial charge in [-0.1, -0.05) is 24.1 Å². The molecule has 122 valence electrons. The second-order valence-corrected chi connectivity index (χ2v) is 7.09. The van der Waals surface area contributed by atoms with Crippen molar-refractivity contribution in [3.8, 4) is 5.75 Å². The van der Waals surface area contributed by atoms with Crippen molar-refractivity contribution in [2.24, 2.45) is 5.92 Å². The zero-order valence-electron chi connectivity index (χ0n) is 13.5. The Labute approximate surface area is 139 Å². The monoisotopic (exact) mass is 322 g/mol. The van der Waals surface area contributed by atoms with Crippen LogP contribution >= 0.6 is 11.6 Å². The first-order chi connectivity index (χ1) is 10.7. The van der Waals surface area contributed by atoms with Crippen molar-refractivity contribution in [1.82, 2.24) is 10.2 Å². The van der Waals surface area contributed by atoms with E-state index in [4.69, 9.17) is 16.3 Å². The molecule has 0 bridgehead atoms. The van der Waals surface area contributed by atoms with Crippen molar-refractivity contribution in [3.05, 3.63) is 28.3 Å². The molecule has 2 fully saturated rings. The molecule has 1 saturated carbocycles. The lowest BCUT2D eigenvalue weighted by molar-refractivity contribution is 0.179. The Bertz CT molecular complexity index is 496. The van der Waals surface area contributed by atoms with Crippen LogP contribution in [0.25, 0.3) is 0 Å². The lowest BCUT2D eigenvalue weighted by Crippen LogP contribution is -2.44. The Morgan fingerprint density at radius 1 is 1.27 bits per heavy atom. The number of piperazine rings is 1. The molecular weight excluding hydrogens is 296 g/mol. The van der Waals surface area contributed by atoms with Gasteiger partial charge in [0.2, 0.25) is 0 Å². The minimum absolute atomic E-state index is 0.735. The molecule has 0 amide bonds. The number of ether oxygens (including phenoxy) is 1. The van der Waals surface area contributed by atoms with Gasteiger partial charge in [-0.3, -0.25) is 0 Å². The Morgan fingerprint density at radius 3 is 2.73 bits per heavy atom. The summed E-state index contributed by atoms with van der Waals surface area (Å²) in [5, 5.41) is 4.17. The third-order valence-electron chi connectivity index (χ3n) is 4.86. The van der Waals surface area contributed by atoms with E-state index in [1.807, 2.05) is 6.07 Å². The van der Waals surface area contributed by atoms with Crippen LogP contribution in [0.15, 0.2) is 12.1 Å². The zero-order chi connectivity index (χ0) is 15.4. The summed E-state index contributed by atoms with van der Waals surface area (Å²) in [4.78, 5) is 2.52. The Balaban J connectivity index is 1.64. The highest BCUT2D eigenvalue weighted by Gasteiger charge is 2.20. The van der Waals surface area contributed by atoms with E-state index in [0.717, 1.165) is 62.4 Å². The molecule has 1 saturated heterocycles. The number of halogens is 1. The van der Waals surface area contributed by atoms with Crippen LogP contribution in [0.2, 0.25) is 5.02 Å². The van der Waals surface area contributed by atoms with Crippen molar-refractivity contribution in [3.63, 3.8) is 0 Å². The third kappa shape index (κ3) is 4.15. The van der Waals surface area contributed by atoms with Crippen molar-refractivity contribution in [1.29, 1.82) is 0 Å². The van der Waals surface area contributed by atoms with E-state index in [1.165, 1.54) is 30.4 Å². The molecule has 0 spiro atoms. The smallest absolute Gasteiger partial charge is 0.141 e. The quantitative estimate of drug-likeness (QED) is 0.870. The van der Waals surface area contributed by atoms with Crippen LogP contribution in [0, 0.1) is 12.8 Å². The summed E-state index contributed by atoms with van der Waals surface area (Å²) < 4.78 is 6.10. The number of benzene rings is 1. The van der Waals surface area contributed by atoms with Crippen LogP contribution in [0.1, 0.15) is 30.4 Å². The van der Waals surface area contributed by atoms with Crippen LogP contribution in [0.3, 0.4) is 0 Å². The maximum atomic E-state index is 6.45. The van der Waals surface area contributed by atoms with Crippen molar-refractivity contribution in [2.75, 3.05) is 39.3 Å². The van der Waals surface area contributed by atoms with Crippen molar-refractivity contribution < 1.29 is 4.74 Å². The van der Waals surface area contributed by atoms with Crippen LogP contribution in [0.5, 0.6) is 5.75 Å². The predicted molar refractivity (Wildman–Crippen MR) is 92.0 cm³/mol. The standard InChI is InChI=1S/C18H27ClN2O/c1-14-11-16(5-8-21-9-6-20-7-10-21)18(17(19)12-14)22-13-15-3-2-4-15/h11-12,15,20H,2-10,13H2,1H3. The molecule has 1 aliphatic carbocycles. The Morgan fingerprint density at radius 2 is 2.05 bits per heavy atom. The molecule has 1 aromatic rings. The summed E-state index contributed by atoms with van der Waals surface area (Å²) in [6.45, 7) is 8.48. The second-order valence-electron chi connectivity index (χ2n) is 6.68. The highest BCUT2D eigenvalue weighted by molar-refractivity contribution is 6.32. The van der Waals surface area contributed by atoms with E-state index in [2.05, 4.69) is 23.2 Å². The van der Waals surface area contributed by atoms with Gasteiger partial charge in [-0.15, -0.1) is 0 Å². The minimum atomic E-state index is 0.735. The number of rotatable bonds is 6. The first-order valence-electron chi connectivity index (χ1n) is 8.57. The fraction of sp³-hybridized carbons (Fsp3) is 0.667. The second kappa shape index (κ2) is 7.67. The molecular formula is C18H27ClN2O. The van der Waals surface area contributed by atoms with Gasteiger partial charge < -0.3 is 15.0 Å². The van der Waals surface area contributed by atoms with Crippen molar-refractivity contribution >= 4 is 11.6 Å². The fourth-order valence-corrected chi connectivity index (χ4v) is 3.57. The number of hydrogen-bond donors (Lipinski definition) is 1. The predicted octanol–water partition coefficient (Wildman–Crippen LogP) is 3.28. The van der Waals surface area contributed by atoms with Gasteiger partial charge in [-0.05, 0) is 49.3 Å². The number of aryl methyl sites for hydroxylation is 1. The molecule has 1 aromatic carbocycles. The molecule has 0 radical (unpaired) electrons. The van der Waals surface area contributed by atoms with Crippen molar-refractivity contribution in [2.45, 2.75) is 32.6 Å². The van der Waals surface area contributed by atoms with Gasteiger partial charge in [-0.2, -0.15) is 0 Å². The van der Waals surface area contributed by atoms with Crippen LogP contribution < -0.4 is 10.1 Å². The highest BCUT2D eigenvalue weighted by atomic mass is 35.5. The maximum absolute atomic E-state index is 6.45. The largest absolute Gasteiger partial charge is 0.491 e. The molecule has 1 aliphatic heterocycles. The lowest BCUT2D eigenvalue weighted by Gasteiger charge is -2.28. The molecule has 0 aromatic heterocycles. The topological polar surface area (TPSA) is 24.5 Å². The number of nitrogens with zero attached hydrogens (tertiary/aromatic N) is 1. The molecule has 4 heteroatoms. The summed E-state index contributed by atoms with van der Waals surface area (Å²) in [7, 11) is 0. The van der Waals surface area contributed by atoms with E-state index in [-0.39, 0.29) is 0 Å². The van der Waals surface area contributed by atoms with E-state index >= 15 is 0 Å². The van der Waals surface area contributed by atoms with Gasteiger partial charge in [0.15, 0.2) is 0 Å². The van der Waals surface area contributed by atoms with Gasteiger partial charge in [0.1, 0.15) is 5.75 Å². The average molecular weight is 323 g/mol. The summed E-state index contributed by atoms with van der Waals surface area (Å²) >= 11 is 6.45. The normalized spacial score (nSPS) is 19.9. The lowest BCUT2D eigenvalue weighted by atomic mass is 9.86. The zero-order valence-corrected chi connectivity index (χ0v) is 14.3. The van der Waals surface area contributed by atoms with Gasteiger partial charge >= 0.3 is 0 Å². The molecule has 2 aliphatic rings. The van der Waals surface area contributed by atoms with E-state index in [0.29, 0.717) is 0 Å². The maximum Gasteiger partial charge on any atom is 0.141 e. The minimum Gasteiger partial charge on any atom is -0.491 e. The molecule has 3 nitrogen and oxygen atoms in total. The molecule has 3 rings (SSSR count). The van der Waals surface area contributed by atoms with Crippen LogP contribution in [-0.2, 0) is 6.42 Å². The molecule has 0 atom stereocenters.